The molecule has 3 rings (SSSR count). The van der Waals surface area contributed by atoms with E-state index in [9.17, 15) is 0 Å². The zero-order valence-corrected chi connectivity index (χ0v) is 15.8. The number of methoxy groups -OCH3 is 2. The lowest BCUT2D eigenvalue weighted by molar-refractivity contribution is 0.414. The molecule has 0 spiro atoms. The number of hydrogen-bond donors (Lipinski definition) is 0. The minimum Gasteiger partial charge on any atom is -0.497 e. The molecule has 25 heavy (non-hydrogen) atoms. The maximum atomic E-state index is 5.26. The molecule has 5 heteroatoms. The lowest BCUT2D eigenvalue weighted by Crippen LogP contribution is -1.86. The maximum absolute atomic E-state index is 5.26. The number of nitrogens with zero attached hydrogens (tertiary/aromatic N) is 1. The van der Waals surface area contributed by atoms with Gasteiger partial charge in [0.15, 0.2) is 4.34 Å². The van der Waals surface area contributed by atoms with Gasteiger partial charge in [-0.15, -0.1) is 17.9 Å². The van der Waals surface area contributed by atoms with Crippen LogP contribution in [0.2, 0.25) is 0 Å². The summed E-state index contributed by atoms with van der Waals surface area (Å²) in [5, 5.41) is 0. The summed E-state index contributed by atoms with van der Waals surface area (Å²) in [6, 6.07) is 16.1. The first-order valence-electron chi connectivity index (χ1n) is 7.78. The number of benzene rings is 2. The first kappa shape index (κ1) is 17.6. The van der Waals surface area contributed by atoms with Gasteiger partial charge in [0.05, 0.1) is 24.8 Å². The lowest BCUT2D eigenvalue weighted by Gasteiger charge is -2.05. The third-order valence-corrected chi connectivity index (χ3v) is 5.89. The Kier molecular flexibility index (Phi) is 5.79. The van der Waals surface area contributed by atoms with Crippen molar-refractivity contribution in [2.24, 2.45) is 0 Å². The average Bonchev–Trinajstić information content (AvgIpc) is 3.10. The van der Waals surface area contributed by atoms with E-state index in [2.05, 4.69) is 18.7 Å². The summed E-state index contributed by atoms with van der Waals surface area (Å²) in [4.78, 5) is 6.01. The molecule has 0 saturated heterocycles. The molecule has 0 radical (unpaired) electrons. The molecule has 0 aliphatic heterocycles. The molecule has 2 aromatic carbocycles. The average molecular weight is 370 g/mol. The standard InChI is InChI=1S/C20H19NO2S2/c1-4-13-24-20-21-18(14-5-9-16(22-2)10-6-14)19(25-20)15-7-11-17(23-3)12-8-15/h4-12H,1,13H2,2-3H3. The van der Waals surface area contributed by atoms with Gasteiger partial charge < -0.3 is 9.47 Å². The Labute approximate surface area is 156 Å². The molecular formula is C20H19NO2S2. The Morgan fingerprint density at radius 3 is 2.04 bits per heavy atom. The third-order valence-electron chi connectivity index (χ3n) is 3.65. The Morgan fingerprint density at radius 2 is 1.52 bits per heavy atom. The molecule has 0 fully saturated rings. The molecule has 0 aliphatic carbocycles. The van der Waals surface area contributed by atoms with Crippen molar-refractivity contribution in [3.8, 4) is 33.2 Å². The zero-order valence-electron chi connectivity index (χ0n) is 14.2. The van der Waals surface area contributed by atoms with Crippen LogP contribution in [-0.4, -0.2) is 25.0 Å². The van der Waals surface area contributed by atoms with Crippen LogP contribution < -0.4 is 9.47 Å². The smallest absolute Gasteiger partial charge is 0.151 e. The normalized spacial score (nSPS) is 10.5. The van der Waals surface area contributed by atoms with Crippen LogP contribution in [0, 0.1) is 0 Å². The third kappa shape index (κ3) is 4.06. The van der Waals surface area contributed by atoms with Crippen molar-refractivity contribution >= 4 is 23.1 Å². The van der Waals surface area contributed by atoms with Crippen LogP contribution in [0.3, 0.4) is 0 Å². The molecule has 0 N–H and O–H groups in total. The van der Waals surface area contributed by atoms with Crippen LogP contribution in [0.1, 0.15) is 0 Å². The van der Waals surface area contributed by atoms with Crippen molar-refractivity contribution in [1.82, 2.24) is 4.98 Å². The molecule has 0 saturated carbocycles. The Balaban J connectivity index is 2.04. The van der Waals surface area contributed by atoms with E-state index in [0.717, 1.165) is 43.3 Å². The highest BCUT2D eigenvalue weighted by Crippen LogP contribution is 2.41. The van der Waals surface area contributed by atoms with E-state index in [1.54, 1.807) is 37.3 Å². The fraction of sp³-hybridized carbons (Fsp3) is 0.150. The van der Waals surface area contributed by atoms with Crippen LogP contribution in [0.15, 0.2) is 65.5 Å². The van der Waals surface area contributed by atoms with Gasteiger partial charge in [-0.1, -0.05) is 17.8 Å². The fourth-order valence-corrected chi connectivity index (χ4v) is 4.31. The van der Waals surface area contributed by atoms with Gasteiger partial charge in [-0.25, -0.2) is 4.98 Å². The number of rotatable bonds is 7. The van der Waals surface area contributed by atoms with E-state index in [0.29, 0.717) is 0 Å². The van der Waals surface area contributed by atoms with E-state index in [4.69, 9.17) is 14.5 Å². The van der Waals surface area contributed by atoms with E-state index >= 15 is 0 Å². The van der Waals surface area contributed by atoms with Crippen molar-refractivity contribution < 1.29 is 9.47 Å². The van der Waals surface area contributed by atoms with Crippen LogP contribution in [0.5, 0.6) is 11.5 Å². The second-order valence-electron chi connectivity index (χ2n) is 5.21. The van der Waals surface area contributed by atoms with Crippen molar-refractivity contribution in [2.45, 2.75) is 4.34 Å². The maximum Gasteiger partial charge on any atom is 0.151 e. The van der Waals surface area contributed by atoms with Gasteiger partial charge in [-0.2, -0.15) is 0 Å². The lowest BCUT2D eigenvalue weighted by atomic mass is 10.1. The van der Waals surface area contributed by atoms with Gasteiger partial charge >= 0.3 is 0 Å². The Hall–Kier alpha value is -2.24. The number of thiazole rings is 1. The molecule has 0 amide bonds. The number of ether oxygens (including phenoxy) is 2. The molecule has 0 bridgehead atoms. The van der Waals surface area contributed by atoms with Crippen LogP contribution in [0.25, 0.3) is 21.7 Å². The fourth-order valence-electron chi connectivity index (χ4n) is 2.38. The molecule has 128 valence electrons. The Morgan fingerprint density at radius 1 is 0.960 bits per heavy atom. The molecule has 3 aromatic rings. The van der Waals surface area contributed by atoms with Crippen molar-refractivity contribution in [3.05, 3.63) is 61.2 Å². The topological polar surface area (TPSA) is 31.4 Å². The Bertz CT molecular complexity index is 774. The molecule has 0 unspecified atom stereocenters. The van der Waals surface area contributed by atoms with Gasteiger partial charge in [-0.3, -0.25) is 0 Å². The summed E-state index contributed by atoms with van der Waals surface area (Å²) in [6.45, 7) is 3.79. The van der Waals surface area contributed by atoms with Gasteiger partial charge in [0.25, 0.3) is 0 Å². The SMILES string of the molecule is C=CCSc1nc(-c2ccc(OC)cc2)c(-c2ccc(OC)cc2)s1. The minimum atomic E-state index is 0.839. The van der Waals surface area contributed by atoms with Gasteiger partial charge in [0.1, 0.15) is 11.5 Å². The van der Waals surface area contributed by atoms with Crippen molar-refractivity contribution in [2.75, 3.05) is 20.0 Å². The molecule has 1 aromatic heterocycles. The number of thioether (sulfide) groups is 1. The van der Waals surface area contributed by atoms with Gasteiger partial charge in [0.2, 0.25) is 0 Å². The second kappa shape index (κ2) is 8.23. The summed E-state index contributed by atoms with van der Waals surface area (Å²) in [6.07, 6.45) is 1.90. The highest BCUT2D eigenvalue weighted by Gasteiger charge is 2.15. The highest BCUT2D eigenvalue weighted by atomic mass is 32.2. The van der Waals surface area contributed by atoms with E-state index in [1.165, 1.54) is 0 Å². The summed E-state index contributed by atoms with van der Waals surface area (Å²) >= 11 is 3.40. The molecule has 0 aliphatic rings. The predicted molar refractivity (Wildman–Crippen MR) is 107 cm³/mol. The molecule has 3 nitrogen and oxygen atoms in total. The van der Waals surface area contributed by atoms with Crippen molar-refractivity contribution in [3.63, 3.8) is 0 Å². The zero-order chi connectivity index (χ0) is 17.6. The molecule has 0 atom stereocenters. The van der Waals surface area contributed by atoms with E-state index < -0.39 is 0 Å². The summed E-state index contributed by atoms with van der Waals surface area (Å²) in [5.41, 5.74) is 3.20. The van der Waals surface area contributed by atoms with E-state index in [1.807, 2.05) is 42.5 Å². The van der Waals surface area contributed by atoms with Crippen LogP contribution in [-0.2, 0) is 0 Å². The van der Waals surface area contributed by atoms with Gasteiger partial charge in [-0.05, 0) is 54.1 Å². The largest absolute Gasteiger partial charge is 0.497 e. The summed E-state index contributed by atoms with van der Waals surface area (Å²) < 4.78 is 11.6. The van der Waals surface area contributed by atoms with Gasteiger partial charge in [0, 0.05) is 11.3 Å². The van der Waals surface area contributed by atoms with Crippen LogP contribution in [0.4, 0.5) is 0 Å². The second-order valence-corrected chi connectivity index (χ2v) is 7.48. The quantitative estimate of drug-likeness (QED) is 0.391. The monoisotopic (exact) mass is 369 g/mol. The van der Waals surface area contributed by atoms with E-state index in [-0.39, 0.29) is 0 Å². The molecular weight excluding hydrogens is 350 g/mol. The minimum absolute atomic E-state index is 0.839. The number of hydrogen-bond acceptors (Lipinski definition) is 5. The first-order chi connectivity index (χ1) is 12.2. The molecule has 1 heterocycles. The van der Waals surface area contributed by atoms with Crippen LogP contribution >= 0.6 is 23.1 Å². The highest BCUT2D eigenvalue weighted by molar-refractivity contribution is 8.01. The summed E-state index contributed by atoms with van der Waals surface area (Å²) in [5.74, 6) is 2.53. The predicted octanol–water partition coefficient (Wildman–Crippen LogP) is 5.77. The first-order valence-corrected chi connectivity index (χ1v) is 9.58. The van der Waals surface area contributed by atoms with Crippen molar-refractivity contribution in [1.29, 1.82) is 0 Å². The summed E-state index contributed by atoms with van der Waals surface area (Å²) in [7, 11) is 3.35. The number of aromatic nitrogens is 1.